The molecule has 132 valence electrons. The van der Waals surface area contributed by atoms with Crippen molar-refractivity contribution in [3.05, 3.63) is 54.6 Å². The van der Waals surface area contributed by atoms with Crippen LogP contribution in [0.3, 0.4) is 0 Å². The Balaban J connectivity index is 0.000000242. The molecule has 1 fully saturated rings. The number of carbonyl (C=O) groups is 2. The maximum atomic E-state index is 9.55. The monoisotopic (exact) mass is 344 g/mol. The molecule has 1 aliphatic rings. The summed E-state index contributed by atoms with van der Waals surface area (Å²) < 4.78 is 5.41. The van der Waals surface area contributed by atoms with E-state index in [1.54, 1.807) is 6.26 Å². The van der Waals surface area contributed by atoms with E-state index in [0.29, 0.717) is 18.2 Å². The summed E-state index contributed by atoms with van der Waals surface area (Å²) in [6.07, 6.45) is 9.14. The molecular weight excluding hydrogens is 324 g/mol. The lowest BCUT2D eigenvalue weighted by molar-refractivity contribution is -0.134. The molecule has 1 atom stereocenters. The number of likely N-dealkylation sites (tertiary alicyclic amines) is 1. The minimum Gasteiger partial charge on any atom is -0.478 e. The highest BCUT2D eigenvalue weighted by Gasteiger charge is 2.23. The number of carboxylic acids is 2. The SMILES string of the molecule is CN1CCCC1c1cncc(-c2ccco2)c1.O=C(O)C=CC(=O)O. The van der Waals surface area contributed by atoms with E-state index in [9.17, 15) is 9.59 Å². The summed E-state index contributed by atoms with van der Waals surface area (Å²) in [7, 11) is 2.18. The van der Waals surface area contributed by atoms with Crippen LogP contribution in [0.25, 0.3) is 11.3 Å². The predicted octanol–water partition coefficient (Wildman–Crippen LogP) is 2.82. The van der Waals surface area contributed by atoms with Crippen LogP contribution in [0.2, 0.25) is 0 Å². The first-order valence-electron chi connectivity index (χ1n) is 7.80. The van der Waals surface area contributed by atoms with Crippen LogP contribution in [0, 0.1) is 0 Å². The number of hydrogen-bond acceptors (Lipinski definition) is 5. The fourth-order valence-corrected chi connectivity index (χ4v) is 2.69. The second kappa shape index (κ2) is 8.79. The first-order chi connectivity index (χ1) is 12.0. The Labute approximate surface area is 145 Å². The Morgan fingerprint density at radius 3 is 2.52 bits per heavy atom. The molecule has 3 rings (SSSR count). The van der Waals surface area contributed by atoms with Crippen molar-refractivity contribution in [1.29, 1.82) is 0 Å². The van der Waals surface area contributed by atoms with Crippen LogP contribution < -0.4 is 0 Å². The van der Waals surface area contributed by atoms with Crippen molar-refractivity contribution in [2.24, 2.45) is 0 Å². The number of aliphatic carboxylic acids is 2. The summed E-state index contributed by atoms with van der Waals surface area (Å²) in [6.45, 7) is 1.18. The van der Waals surface area contributed by atoms with Gasteiger partial charge in [0.2, 0.25) is 0 Å². The van der Waals surface area contributed by atoms with Gasteiger partial charge < -0.3 is 14.6 Å². The zero-order chi connectivity index (χ0) is 18.2. The van der Waals surface area contributed by atoms with Crippen LogP contribution in [0.4, 0.5) is 0 Å². The van der Waals surface area contributed by atoms with Crippen LogP contribution in [-0.4, -0.2) is 45.6 Å². The molecule has 25 heavy (non-hydrogen) atoms. The number of rotatable bonds is 4. The fraction of sp³-hybridized carbons (Fsp3) is 0.278. The molecule has 0 aliphatic carbocycles. The minimum atomic E-state index is -1.26. The molecule has 0 bridgehead atoms. The van der Waals surface area contributed by atoms with Gasteiger partial charge in [0.1, 0.15) is 5.76 Å². The summed E-state index contributed by atoms with van der Waals surface area (Å²) in [5.41, 5.74) is 2.35. The van der Waals surface area contributed by atoms with Crippen LogP contribution in [-0.2, 0) is 9.59 Å². The Bertz CT molecular complexity index is 724. The highest BCUT2D eigenvalue weighted by atomic mass is 16.4. The van der Waals surface area contributed by atoms with Crippen molar-refractivity contribution in [3.63, 3.8) is 0 Å². The minimum absolute atomic E-state index is 0.511. The molecule has 7 nitrogen and oxygen atoms in total. The molecule has 2 aromatic heterocycles. The van der Waals surface area contributed by atoms with E-state index in [1.165, 1.54) is 24.9 Å². The van der Waals surface area contributed by atoms with Gasteiger partial charge in [-0.05, 0) is 50.2 Å². The maximum Gasteiger partial charge on any atom is 0.328 e. The summed E-state index contributed by atoms with van der Waals surface area (Å²) in [4.78, 5) is 25.8. The van der Waals surface area contributed by atoms with E-state index in [1.807, 2.05) is 24.5 Å². The third-order valence-electron chi connectivity index (χ3n) is 3.84. The van der Waals surface area contributed by atoms with Gasteiger partial charge >= 0.3 is 11.9 Å². The van der Waals surface area contributed by atoms with Crippen molar-refractivity contribution in [2.45, 2.75) is 18.9 Å². The third-order valence-corrected chi connectivity index (χ3v) is 3.84. The standard InChI is InChI=1S/C14H16N2O.C4H4O4/c1-16-6-2-4-13(16)11-8-12(10-15-9-11)14-5-3-7-17-14;5-3(6)1-2-4(7)8/h3,5,7-10,13H,2,4,6H2,1H3;1-2H,(H,5,6)(H,7,8). The molecule has 2 aromatic rings. The van der Waals surface area contributed by atoms with Crippen molar-refractivity contribution < 1.29 is 24.2 Å². The predicted molar refractivity (Wildman–Crippen MR) is 91.0 cm³/mol. The third kappa shape index (κ3) is 5.58. The lowest BCUT2D eigenvalue weighted by Crippen LogP contribution is -2.17. The smallest absolute Gasteiger partial charge is 0.328 e. The Hall–Kier alpha value is -2.93. The van der Waals surface area contributed by atoms with E-state index in [4.69, 9.17) is 14.6 Å². The number of furan rings is 1. The maximum absolute atomic E-state index is 9.55. The topological polar surface area (TPSA) is 104 Å². The van der Waals surface area contributed by atoms with Crippen molar-refractivity contribution in [1.82, 2.24) is 9.88 Å². The van der Waals surface area contributed by atoms with Gasteiger partial charge in [-0.3, -0.25) is 9.88 Å². The van der Waals surface area contributed by atoms with Gasteiger partial charge in [-0.15, -0.1) is 0 Å². The molecule has 7 heteroatoms. The van der Waals surface area contributed by atoms with Gasteiger partial charge in [-0.25, -0.2) is 9.59 Å². The van der Waals surface area contributed by atoms with Gasteiger partial charge in [-0.2, -0.15) is 0 Å². The molecule has 0 aromatic carbocycles. The largest absolute Gasteiger partial charge is 0.478 e. The average Bonchev–Trinajstić information content (AvgIpc) is 3.25. The van der Waals surface area contributed by atoms with Crippen LogP contribution in [0.5, 0.6) is 0 Å². The fourth-order valence-electron chi connectivity index (χ4n) is 2.69. The normalized spacial score (nSPS) is 17.2. The quantitative estimate of drug-likeness (QED) is 0.822. The first-order valence-corrected chi connectivity index (χ1v) is 7.80. The van der Waals surface area contributed by atoms with Gasteiger partial charge in [-0.1, -0.05) is 0 Å². The molecular formula is C18H20N2O5. The van der Waals surface area contributed by atoms with Crippen molar-refractivity contribution >= 4 is 11.9 Å². The van der Waals surface area contributed by atoms with Gasteiger partial charge in [0.15, 0.2) is 0 Å². The molecule has 2 N–H and O–H groups in total. The molecule has 0 amide bonds. The first kappa shape index (κ1) is 18.4. The lowest BCUT2D eigenvalue weighted by Gasteiger charge is -2.19. The molecule has 0 radical (unpaired) electrons. The summed E-state index contributed by atoms with van der Waals surface area (Å²) in [5, 5.41) is 15.6. The molecule has 3 heterocycles. The van der Waals surface area contributed by atoms with Crippen molar-refractivity contribution in [2.75, 3.05) is 13.6 Å². The van der Waals surface area contributed by atoms with Crippen molar-refractivity contribution in [3.8, 4) is 11.3 Å². The lowest BCUT2D eigenvalue weighted by atomic mass is 10.0. The summed E-state index contributed by atoms with van der Waals surface area (Å²) >= 11 is 0. The van der Waals surface area contributed by atoms with E-state index >= 15 is 0 Å². The number of hydrogen-bond donors (Lipinski definition) is 2. The molecule has 0 saturated carbocycles. The highest BCUT2D eigenvalue weighted by Crippen LogP contribution is 2.31. The molecule has 1 saturated heterocycles. The zero-order valence-corrected chi connectivity index (χ0v) is 13.8. The molecule has 1 aliphatic heterocycles. The molecule has 0 spiro atoms. The number of nitrogens with zero attached hydrogens (tertiary/aromatic N) is 2. The second-order valence-corrected chi connectivity index (χ2v) is 5.63. The van der Waals surface area contributed by atoms with E-state index < -0.39 is 11.9 Å². The van der Waals surface area contributed by atoms with E-state index in [0.717, 1.165) is 11.3 Å². The average molecular weight is 344 g/mol. The van der Waals surface area contributed by atoms with Gasteiger partial charge in [0.25, 0.3) is 0 Å². The Kier molecular flexibility index (Phi) is 6.47. The van der Waals surface area contributed by atoms with Crippen LogP contribution in [0.1, 0.15) is 24.4 Å². The second-order valence-electron chi connectivity index (χ2n) is 5.63. The number of carboxylic acid groups (broad SMARTS) is 2. The van der Waals surface area contributed by atoms with Crippen LogP contribution >= 0.6 is 0 Å². The van der Waals surface area contributed by atoms with E-state index in [2.05, 4.69) is 23.0 Å². The molecule has 1 unspecified atom stereocenters. The Morgan fingerprint density at radius 1 is 1.28 bits per heavy atom. The van der Waals surface area contributed by atoms with Gasteiger partial charge in [0, 0.05) is 36.2 Å². The highest BCUT2D eigenvalue weighted by molar-refractivity contribution is 5.89. The number of pyridine rings is 1. The van der Waals surface area contributed by atoms with E-state index in [-0.39, 0.29) is 0 Å². The zero-order valence-electron chi connectivity index (χ0n) is 13.8. The number of aromatic nitrogens is 1. The Morgan fingerprint density at radius 2 is 2.00 bits per heavy atom. The summed E-state index contributed by atoms with van der Waals surface area (Å²) in [6, 6.07) is 6.58. The van der Waals surface area contributed by atoms with Gasteiger partial charge in [0.05, 0.1) is 6.26 Å². The summed E-state index contributed by atoms with van der Waals surface area (Å²) in [5.74, 6) is -1.63. The van der Waals surface area contributed by atoms with Crippen LogP contribution in [0.15, 0.2) is 53.4 Å².